The van der Waals surface area contributed by atoms with Crippen molar-refractivity contribution in [1.82, 2.24) is 10.3 Å². The molecule has 0 saturated carbocycles. The van der Waals surface area contributed by atoms with Crippen molar-refractivity contribution in [2.75, 3.05) is 0 Å². The Labute approximate surface area is 140 Å². The molecule has 0 aliphatic rings. The molecule has 2 aromatic rings. The number of carbonyl (C=O) groups excluding carboxylic acids is 1. The minimum Gasteiger partial charge on any atom is -0.464 e. The van der Waals surface area contributed by atoms with Crippen LogP contribution in [0.25, 0.3) is 0 Å². The number of aryl methyl sites for hydroxylation is 2. The van der Waals surface area contributed by atoms with E-state index in [4.69, 9.17) is 9.68 Å². The number of hydrogen-bond donors (Lipinski definition) is 2. The van der Waals surface area contributed by atoms with Gasteiger partial charge >= 0.3 is 0 Å². The first-order valence-electron chi connectivity index (χ1n) is 7.81. The first-order valence-corrected chi connectivity index (χ1v) is 7.81. The number of aromatic amines is 1. The fraction of sp³-hybridized carbons (Fsp3) is 0.389. The van der Waals surface area contributed by atoms with Crippen molar-refractivity contribution < 1.29 is 9.21 Å². The number of H-pyrrole nitrogens is 1. The first kappa shape index (κ1) is 17.5. The molecular weight excluding hydrogens is 306 g/mol. The number of nitrogens with zero attached hydrogens (tertiary/aromatic N) is 1. The van der Waals surface area contributed by atoms with Gasteiger partial charge in [-0.1, -0.05) is 0 Å². The van der Waals surface area contributed by atoms with E-state index in [1.54, 1.807) is 13.8 Å². The third kappa shape index (κ3) is 3.74. The number of nitriles is 1. The highest BCUT2D eigenvalue weighted by Crippen LogP contribution is 2.17. The number of aromatic nitrogens is 1. The second kappa shape index (κ2) is 7.18. The van der Waals surface area contributed by atoms with Gasteiger partial charge < -0.3 is 14.7 Å². The summed E-state index contributed by atoms with van der Waals surface area (Å²) in [4.78, 5) is 26.5. The van der Waals surface area contributed by atoms with Gasteiger partial charge in [0.05, 0.1) is 6.04 Å². The maximum atomic E-state index is 12.2. The van der Waals surface area contributed by atoms with Crippen LogP contribution < -0.4 is 10.9 Å². The molecule has 0 spiro atoms. The topological polar surface area (TPSA) is 98.9 Å². The number of carbonyl (C=O) groups is 1. The normalized spacial score (nSPS) is 11.8. The van der Waals surface area contributed by atoms with Gasteiger partial charge in [-0.25, -0.2) is 0 Å². The Kier molecular flexibility index (Phi) is 5.24. The lowest BCUT2D eigenvalue weighted by molar-refractivity contribution is -0.121. The molecule has 0 bridgehead atoms. The number of hydrogen-bond acceptors (Lipinski definition) is 4. The van der Waals surface area contributed by atoms with Crippen LogP contribution in [0.15, 0.2) is 21.3 Å². The van der Waals surface area contributed by atoms with Crippen LogP contribution in [0.3, 0.4) is 0 Å². The molecule has 6 heteroatoms. The predicted molar refractivity (Wildman–Crippen MR) is 89.6 cm³/mol. The van der Waals surface area contributed by atoms with Gasteiger partial charge in [0.15, 0.2) is 0 Å². The third-order valence-electron chi connectivity index (χ3n) is 4.09. The molecule has 24 heavy (non-hydrogen) atoms. The summed E-state index contributed by atoms with van der Waals surface area (Å²) in [6, 6.07) is 5.41. The van der Waals surface area contributed by atoms with Gasteiger partial charge in [-0.2, -0.15) is 5.26 Å². The lowest BCUT2D eigenvalue weighted by atomic mass is 9.99. The van der Waals surface area contributed by atoms with Crippen molar-refractivity contribution in [1.29, 1.82) is 5.26 Å². The third-order valence-corrected chi connectivity index (χ3v) is 4.09. The molecule has 2 heterocycles. The molecule has 126 valence electrons. The zero-order valence-electron chi connectivity index (χ0n) is 14.3. The summed E-state index contributed by atoms with van der Waals surface area (Å²) in [6.07, 6.45) is 0.724. The summed E-state index contributed by atoms with van der Waals surface area (Å²) < 4.78 is 5.50. The van der Waals surface area contributed by atoms with Crippen molar-refractivity contribution in [2.24, 2.45) is 0 Å². The van der Waals surface area contributed by atoms with Gasteiger partial charge in [0.25, 0.3) is 5.56 Å². The van der Waals surface area contributed by atoms with Gasteiger partial charge in [0, 0.05) is 12.1 Å². The molecule has 1 unspecified atom stereocenters. The molecule has 1 amide bonds. The van der Waals surface area contributed by atoms with Crippen molar-refractivity contribution in [2.45, 2.75) is 46.6 Å². The van der Waals surface area contributed by atoms with Crippen molar-refractivity contribution >= 4 is 5.91 Å². The van der Waals surface area contributed by atoms with E-state index in [2.05, 4.69) is 10.3 Å². The first-order chi connectivity index (χ1) is 11.3. The van der Waals surface area contributed by atoms with Gasteiger partial charge in [-0.05, 0) is 57.4 Å². The van der Waals surface area contributed by atoms with Crippen LogP contribution in [0.5, 0.6) is 0 Å². The fourth-order valence-electron chi connectivity index (χ4n) is 2.73. The van der Waals surface area contributed by atoms with Crippen molar-refractivity contribution in [3.05, 3.63) is 56.4 Å². The average molecular weight is 327 g/mol. The molecule has 2 N–H and O–H groups in total. The number of nitrogens with one attached hydrogen (secondary N) is 2. The Morgan fingerprint density at radius 3 is 2.67 bits per heavy atom. The predicted octanol–water partition coefficient (Wildman–Crippen LogP) is 2.57. The van der Waals surface area contributed by atoms with Crippen LogP contribution in [-0.2, 0) is 11.2 Å². The molecule has 0 radical (unpaired) electrons. The average Bonchev–Trinajstić information content (AvgIpc) is 2.93. The Morgan fingerprint density at radius 2 is 2.08 bits per heavy atom. The largest absolute Gasteiger partial charge is 0.464 e. The zero-order chi connectivity index (χ0) is 17.9. The molecular formula is C18H21N3O3. The quantitative estimate of drug-likeness (QED) is 0.881. The zero-order valence-corrected chi connectivity index (χ0v) is 14.3. The van der Waals surface area contributed by atoms with Gasteiger partial charge in [0.1, 0.15) is 23.2 Å². The number of pyridine rings is 1. The molecule has 1 atom stereocenters. The maximum Gasteiger partial charge on any atom is 0.266 e. The molecule has 0 fully saturated rings. The van der Waals surface area contributed by atoms with E-state index in [9.17, 15) is 9.59 Å². The summed E-state index contributed by atoms with van der Waals surface area (Å²) in [7, 11) is 0. The second-order valence-electron chi connectivity index (χ2n) is 5.91. The van der Waals surface area contributed by atoms with E-state index in [-0.39, 0.29) is 29.5 Å². The molecule has 2 rings (SSSR count). The van der Waals surface area contributed by atoms with Gasteiger partial charge in [-0.3, -0.25) is 9.59 Å². The highest BCUT2D eigenvalue weighted by Gasteiger charge is 2.16. The van der Waals surface area contributed by atoms with E-state index in [1.807, 2.05) is 32.0 Å². The van der Waals surface area contributed by atoms with Crippen LogP contribution >= 0.6 is 0 Å². The van der Waals surface area contributed by atoms with Crippen LogP contribution in [-0.4, -0.2) is 10.9 Å². The number of rotatable bonds is 5. The van der Waals surface area contributed by atoms with Crippen LogP contribution in [0.4, 0.5) is 0 Å². The molecule has 2 aromatic heterocycles. The van der Waals surface area contributed by atoms with Gasteiger partial charge in [-0.15, -0.1) is 0 Å². The molecule has 6 nitrogen and oxygen atoms in total. The molecule has 0 aromatic carbocycles. The minimum absolute atomic E-state index is 0.107. The summed E-state index contributed by atoms with van der Waals surface area (Å²) in [6.45, 7) is 7.23. The van der Waals surface area contributed by atoms with Gasteiger partial charge in [0.2, 0.25) is 5.91 Å². The standard InChI is InChI=1S/C18H21N3O3/c1-10-5-7-16(24-10)13(4)20-17(22)8-6-14-11(2)15(9-19)18(23)21-12(14)3/h5,7,13H,6,8H2,1-4H3,(H,20,22)(H,21,23). The van der Waals surface area contributed by atoms with Crippen molar-refractivity contribution in [3.63, 3.8) is 0 Å². The van der Waals surface area contributed by atoms with Crippen molar-refractivity contribution in [3.8, 4) is 6.07 Å². The molecule has 0 aliphatic carbocycles. The van der Waals surface area contributed by atoms with E-state index >= 15 is 0 Å². The number of amides is 1. The summed E-state index contributed by atoms with van der Waals surface area (Å²) in [5, 5.41) is 12.0. The summed E-state index contributed by atoms with van der Waals surface area (Å²) in [5.74, 6) is 1.40. The van der Waals surface area contributed by atoms with Crippen LogP contribution in [0.1, 0.15) is 53.3 Å². The lowest BCUT2D eigenvalue weighted by Crippen LogP contribution is -2.27. The monoisotopic (exact) mass is 327 g/mol. The SMILES string of the molecule is Cc1ccc(C(C)NC(=O)CCc2c(C)[nH]c(=O)c(C#N)c2C)o1. The smallest absolute Gasteiger partial charge is 0.266 e. The summed E-state index contributed by atoms with van der Waals surface area (Å²) in [5.41, 5.74) is 1.89. The Morgan fingerprint density at radius 1 is 1.38 bits per heavy atom. The highest BCUT2D eigenvalue weighted by atomic mass is 16.3. The summed E-state index contributed by atoms with van der Waals surface area (Å²) >= 11 is 0. The Hall–Kier alpha value is -2.81. The second-order valence-corrected chi connectivity index (χ2v) is 5.91. The maximum absolute atomic E-state index is 12.2. The van der Waals surface area contributed by atoms with E-state index in [0.717, 1.165) is 11.3 Å². The number of furan rings is 1. The lowest BCUT2D eigenvalue weighted by Gasteiger charge is -2.13. The van der Waals surface area contributed by atoms with Crippen LogP contribution in [0.2, 0.25) is 0 Å². The van der Waals surface area contributed by atoms with E-state index in [0.29, 0.717) is 23.4 Å². The van der Waals surface area contributed by atoms with Crippen LogP contribution in [0, 0.1) is 32.1 Å². The Bertz CT molecular complexity index is 855. The Balaban J connectivity index is 2.05. The van der Waals surface area contributed by atoms with E-state index < -0.39 is 0 Å². The highest BCUT2D eigenvalue weighted by molar-refractivity contribution is 5.76. The minimum atomic E-state index is -0.387. The fourth-order valence-corrected chi connectivity index (χ4v) is 2.73. The molecule has 0 aliphatic heterocycles. The molecule has 0 saturated heterocycles. The van der Waals surface area contributed by atoms with E-state index in [1.165, 1.54) is 0 Å².